The number of imidazole rings is 1. The van der Waals surface area contributed by atoms with E-state index in [0.717, 1.165) is 16.5 Å². The fourth-order valence-corrected chi connectivity index (χ4v) is 2.61. The molecular weight excluding hydrogens is 206 g/mol. The summed E-state index contributed by atoms with van der Waals surface area (Å²) in [6, 6.07) is 2.03. The highest BCUT2D eigenvalue weighted by molar-refractivity contribution is 7.13. The first-order chi connectivity index (χ1) is 6.36. The minimum atomic E-state index is -0.225. The fourth-order valence-electron chi connectivity index (χ4n) is 1.47. The molecule has 66 valence electrons. The zero-order valence-corrected chi connectivity index (χ0v) is 8.14. The summed E-state index contributed by atoms with van der Waals surface area (Å²) in [4.78, 5) is 4.19. The molecule has 5 heteroatoms. The van der Waals surface area contributed by atoms with Crippen molar-refractivity contribution in [3.05, 3.63) is 29.7 Å². The summed E-state index contributed by atoms with van der Waals surface area (Å²) in [5.41, 5.74) is 0.854. The van der Waals surface area contributed by atoms with Gasteiger partial charge in [-0.3, -0.25) is 4.57 Å². The second kappa shape index (κ2) is 2.49. The lowest BCUT2D eigenvalue weighted by molar-refractivity contribution is 0.858. The Balaban J connectivity index is 2.30. The molecule has 0 saturated carbocycles. The summed E-state index contributed by atoms with van der Waals surface area (Å²) in [6.07, 6.45) is 3.70. The molecule has 0 amide bonds. The van der Waals surface area contributed by atoms with Crippen LogP contribution >= 0.6 is 22.9 Å². The van der Waals surface area contributed by atoms with Crippen molar-refractivity contribution < 1.29 is 0 Å². The third kappa shape index (κ3) is 0.927. The maximum Gasteiger partial charge on any atom is 0.161 e. The van der Waals surface area contributed by atoms with Crippen molar-refractivity contribution in [1.82, 2.24) is 9.55 Å². The number of thiophene rings is 1. The molecule has 0 fully saturated rings. The van der Waals surface area contributed by atoms with E-state index in [1.807, 2.05) is 22.2 Å². The molecule has 0 aromatic carbocycles. The van der Waals surface area contributed by atoms with E-state index in [1.54, 1.807) is 17.5 Å². The van der Waals surface area contributed by atoms with Gasteiger partial charge >= 0.3 is 0 Å². The SMILES string of the molecule is ClC1Nc2ccsc2-n2ccnc21. The molecule has 1 aliphatic heterocycles. The van der Waals surface area contributed by atoms with E-state index >= 15 is 0 Å². The Labute approximate surface area is 84.0 Å². The van der Waals surface area contributed by atoms with Crippen molar-refractivity contribution in [2.45, 2.75) is 5.50 Å². The second-order valence-electron chi connectivity index (χ2n) is 2.80. The number of fused-ring (bicyclic) bond motifs is 3. The molecule has 1 aliphatic rings. The standard InChI is InChI=1S/C8H6ClN3S/c9-6-7-10-2-3-12(7)8-5(11-6)1-4-13-8/h1-4,6,11H. The monoisotopic (exact) mass is 211 g/mol. The van der Waals surface area contributed by atoms with E-state index < -0.39 is 0 Å². The van der Waals surface area contributed by atoms with Gasteiger partial charge in [-0.05, 0) is 11.4 Å². The van der Waals surface area contributed by atoms with Gasteiger partial charge in [0.1, 0.15) is 5.00 Å². The smallest absolute Gasteiger partial charge is 0.161 e. The van der Waals surface area contributed by atoms with Crippen LogP contribution in [0.3, 0.4) is 0 Å². The van der Waals surface area contributed by atoms with Crippen molar-refractivity contribution in [3.63, 3.8) is 0 Å². The van der Waals surface area contributed by atoms with Gasteiger partial charge < -0.3 is 5.32 Å². The van der Waals surface area contributed by atoms with Crippen molar-refractivity contribution in [2.75, 3.05) is 5.32 Å². The van der Waals surface area contributed by atoms with E-state index in [-0.39, 0.29) is 5.50 Å². The summed E-state index contributed by atoms with van der Waals surface area (Å²) in [5.74, 6) is 0.858. The molecule has 3 nitrogen and oxygen atoms in total. The van der Waals surface area contributed by atoms with E-state index in [2.05, 4.69) is 10.3 Å². The van der Waals surface area contributed by atoms with Crippen molar-refractivity contribution in [3.8, 4) is 5.00 Å². The van der Waals surface area contributed by atoms with Gasteiger partial charge in [-0.2, -0.15) is 0 Å². The molecule has 1 atom stereocenters. The maximum absolute atomic E-state index is 6.08. The van der Waals surface area contributed by atoms with Crippen LogP contribution in [0.5, 0.6) is 0 Å². The van der Waals surface area contributed by atoms with Crippen molar-refractivity contribution in [2.24, 2.45) is 0 Å². The summed E-state index contributed by atoms with van der Waals surface area (Å²) in [6.45, 7) is 0. The first-order valence-electron chi connectivity index (χ1n) is 3.88. The Hall–Kier alpha value is -1.00. The molecule has 1 N–H and O–H groups in total. The summed E-state index contributed by atoms with van der Waals surface area (Å²) in [5, 5.41) is 6.37. The molecule has 0 spiro atoms. The lowest BCUT2D eigenvalue weighted by atomic mass is 10.4. The molecule has 2 aromatic heterocycles. The second-order valence-corrected chi connectivity index (χ2v) is 4.13. The van der Waals surface area contributed by atoms with Gasteiger partial charge in [0.05, 0.1) is 5.69 Å². The molecule has 2 aromatic rings. The number of rotatable bonds is 0. The number of nitrogens with one attached hydrogen (secondary N) is 1. The van der Waals surface area contributed by atoms with E-state index in [4.69, 9.17) is 11.6 Å². The number of hydrogen-bond donors (Lipinski definition) is 1. The van der Waals surface area contributed by atoms with Crippen LogP contribution in [0.2, 0.25) is 0 Å². The third-order valence-electron chi connectivity index (χ3n) is 2.04. The van der Waals surface area contributed by atoms with Crippen LogP contribution in [-0.2, 0) is 0 Å². The highest BCUT2D eigenvalue weighted by atomic mass is 35.5. The summed E-state index contributed by atoms with van der Waals surface area (Å²) < 4.78 is 2.02. The highest BCUT2D eigenvalue weighted by Crippen LogP contribution is 2.37. The average molecular weight is 212 g/mol. The molecule has 1 unspecified atom stereocenters. The minimum absolute atomic E-state index is 0.225. The van der Waals surface area contributed by atoms with E-state index in [9.17, 15) is 0 Å². The molecule has 0 aliphatic carbocycles. The highest BCUT2D eigenvalue weighted by Gasteiger charge is 2.23. The Morgan fingerprint density at radius 1 is 1.62 bits per heavy atom. The van der Waals surface area contributed by atoms with Gasteiger partial charge in [-0.1, -0.05) is 11.6 Å². The van der Waals surface area contributed by atoms with Gasteiger partial charge in [0.15, 0.2) is 11.3 Å². The normalized spacial score (nSPS) is 19.0. The fraction of sp³-hybridized carbons (Fsp3) is 0.125. The van der Waals surface area contributed by atoms with Crippen LogP contribution in [0.15, 0.2) is 23.8 Å². The Kier molecular flexibility index (Phi) is 1.42. The topological polar surface area (TPSA) is 29.9 Å². The van der Waals surface area contributed by atoms with Crippen LogP contribution in [0.4, 0.5) is 5.69 Å². The number of nitrogens with zero attached hydrogens (tertiary/aromatic N) is 2. The third-order valence-corrected chi connectivity index (χ3v) is 3.26. The number of aromatic nitrogens is 2. The Morgan fingerprint density at radius 3 is 3.46 bits per heavy atom. The van der Waals surface area contributed by atoms with Crippen LogP contribution in [-0.4, -0.2) is 9.55 Å². The van der Waals surface area contributed by atoms with Crippen LogP contribution in [0, 0.1) is 0 Å². The molecule has 3 rings (SSSR count). The van der Waals surface area contributed by atoms with Crippen molar-refractivity contribution >= 4 is 28.6 Å². The minimum Gasteiger partial charge on any atom is -0.361 e. The van der Waals surface area contributed by atoms with Crippen LogP contribution in [0.25, 0.3) is 5.00 Å². The summed E-state index contributed by atoms with van der Waals surface area (Å²) in [7, 11) is 0. The number of hydrogen-bond acceptors (Lipinski definition) is 3. The molecule has 0 radical (unpaired) electrons. The molecule has 3 heterocycles. The Morgan fingerprint density at radius 2 is 2.54 bits per heavy atom. The van der Waals surface area contributed by atoms with Gasteiger partial charge in [-0.15, -0.1) is 11.3 Å². The first kappa shape index (κ1) is 7.41. The van der Waals surface area contributed by atoms with Gasteiger partial charge in [-0.25, -0.2) is 4.98 Å². The maximum atomic E-state index is 6.08. The molecule has 0 saturated heterocycles. The van der Waals surface area contributed by atoms with Crippen molar-refractivity contribution in [1.29, 1.82) is 0 Å². The largest absolute Gasteiger partial charge is 0.361 e. The van der Waals surface area contributed by atoms with Gasteiger partial charge in [0.25, 0.3) is 0 Å². The quantitative estimate of drug-likeness (QED) is 0.536. The summed E-state index contributed by atoms with van der Waals surface area (Å²) >= 11 is 7.76. The number of alkyl halides is 1. The Bertz CT molecular complexity index is 448. The lowest BCUT2D eigenvalue weighted by Gasteiger charge is -2.20. The van der Waals surface area contributed by atoms with E-state index in [0.29, 0.717) is 0 Å². The number of halogens is 1. The van der Waals surface area contributed by atoms with Gasteiger partial charge in [0.2, 0.25) is 0 Å². The number of anilines is 1. The predicted octanol–water partition coefficient (Wildman–Crippen LogP) is 2.60. The molecular formula is C8H6ClN3S. The van der Waals surface area contributed by atoms with Crippen LogP contribution in [0.1, 0.15) is 11.3 Å². The average Bonchev–Trinajstić information content (AvgIpc) is 2.66. The lowest BCUT2D eigenvalue weighted by Crippen LogP contribution is -2.16. The predicted molar refractivity (Wildman–Crippen MR) is 53.7 cm³/mol. The first-order valence-corrected chi connectivity index (χ1v) is 5.19. The molecule has 0 bridgehead atoms. The van der Waals surface area contributed by atoms with Crippen LogP contribution < -0.4 is 5.32 Å². The zero-order valence-electron chi connectivity index (χ0n) is 6.57. The zero-order chi connectivity index (χ0) is 8.84. The van der Waals surface area contributed by atoms with E-state index in [1.165, 1.54) is 0 Å². The molecule has 13 heavy (non-hydrogen) atoms. The van der Waals surface area contributed by atoms with Gasteiger partial charge in [0, 0.05) is 12.4 Å².